The van der Waals surface area contributed by atoms with Gasteiger partial charge in [-0.2, -0.15) is 0 Å². The third-order valence-corrected chi connectivity index (χ3v) is 4.56. The number of rotatable bonds is 3. The molecular formula is C16H17ClN2O2. The maximum Gasteiger partial charge on any atom is 0.321 e. The van der Waals surface area contributed by atoms with Gasteiger partial charge in [0.05, 0.1) is 5.52 Å². The van der Waals surface area contributed by atoms with Crippen LogP contribution >= 0.6 is 11.6 Å². The van der Waals surface area contributed by atoms with Crippen molar-refractivity contribution < 1.29 is 9.90 Å². The van der Waals surface area contributed by atoms with E-state index in [1.807, 2.05) is 36.1 Å². The smallest absolute Gasteiger partial charge is 0.321 e. The third-order valence-electron chi connectivity index (χ3n) is 4.23. The molecule has 1 aromatic carbocycles. The van der Waals surface area contributed by atoms with Crippen LogP contribution in [0.3, 0.4) is 0 Å². The molecule has 2 heterocycles. The van der Waals surface area contributed by atoms with E-state index in [0.29, 0.717) is 11.6 Å². The minimum Gasteiger partial charge on any atom is -0.480 e. The largest absolute Gasteiger partial charge is 0.480 e. The molecule has 1 fully saturated rings. The number of aromatic nitrogens is 1. The van der Waals surface area contributed by atoms with Gasteiger partial charge in [0.2, 0.25) is 0 Å². The molecule has 2 unspecified atom stereocenters. The molecule has 0 bridgehead atoms. The van der Waals surface area contributed by atoms with Gasteiger partial charge in [-0.25, -0.2) is 0 Å². The number of fused-ring (bicyclic) bond motifs is 1. The van der Waals surface area contributed by atoms with Crippen molar-refractivity contribution in [1.29, 1.82) is 0 Å². The van der Waals surface area contributed by atoms with E-state index in [-0.39, 0.29) is 5.92 Å². The molecule has 21 heavy (non-hydrogen) atoms. The van der Waals surface area contributed by atoms with Crippen molar-refractivity contribution in [3.05, 3.63) is 41.0 Å². The summed E-state index contributed by atoms with van der Waals surface area (Å²) < 4.78 is 0. The second-order valence-electron chi connectivity index (χ2n) is 5.63. The van der Waals surface area contributed by atoms with Crippen LogP contribution in [0.15, 0.2) is 30.5 Å². The Balaban J connectivity index is 1.95. The third kappa shape index (κ3) is 2.61. The number of hydrogen-bond acceptors (Lipinski definition) is 3. The molecule has 110 valence electrons. The van der Waals surface area contributed by atoms with E-state index in [2.05, 4.69) is 4.98 Å². The van der Waals surface area contributed by atoms with Crippen molar-refractivity contribution in [2.24, 2.45) is 5.92 Å². The first-order chi connectivity index (χ1) is 10.1. The standard InChI is InChI=1S/C16H17ClN2O2/c1-10-6-8-19(15(10)16(20)21)9-11-4-5-13(17)12-3-2-7-18-14(11)12/h2-5,7,10,15H,6,8-9H2,1H3,(H,20,21). The Kier molecular flexibility index (Phi) is 3.83. The number of benzene rings is 1. The van der Waals surface area contributed by atoms with E-state index in [9.17, 15) is 9.90 Å². The van der Waals surface area contributed by atoms with Crippen molar-refractivity contribution in [3.63, 3.8) is 0 Å². The highest BCUT2D eigenvalue weighted by atomic mass is 35.5. The predicted octanol–water partition coefficient (Wildman–Crippen LogP) is 3.18. The number of aliphatic carboxylic acids is 1. The highest BCUT2D eigenvalue weighted by Crippen LogP contribution is 2.29. The molecule has 1 aliphatic rings. The fourth-order valence-electron chi connectivity index (χ4n) is 3.15. The summed E-state index contributed by atoms with van der Waals surface area (Å²) >= 11 is 6.20. The monoisotopic (exact) mass is 304 g/mol. The summed E-state index contributed by atoms with van der Waals surface area (Å²) in [6.45, 7) is 3.39. The van der Waals surface area contributed by atoms with E-state index < -0.39 is 12.0 Å². The summed E-state index contributed by atoms with van der Waals surface area (Å²) in [5, 5.41) is 11.0. The first-order valence-electron chi connectivity index (χ1n) is 7.07. The summed E-state index contributed by atoms with van der Waals surface area (Å²) in [6, 6.07) is 7.18. The zero-order chi connectivity index (χ0) is 15.0. The topological polar surface area (TPSA) is 53.4 Å². The lowest BCUT2D eigenvalue weighted by Crippen LogP contribution is -2.38. The van der Waals surface area contributed by atoms with Gasteiger partial charge >= 0.3 is 5.97 Å². The lowest BCUT2D eigenvalue weighted by molar-refractivity contribution is -0.143. The lowest BCUT2D eigenvalue weighted by Gasteiger charge is -2.23. The molecular weight excluding hydrogens is 288 g/mol. The molecule has 1 saturated heterocycles. The average Bonchev–Trinajstić information content (AvgIpc) is 2.83. The van der Waals surface area contributed by atoms with Crippen molar-refractivity contribution in [2.75, 3.05) is 6.54 Å². The Hall–Kier alpha value is -1.65. The van der Waals surface area contributed by atoms with E-state index in [4.69, 9.17) is 11.6 Å². The van der Waals surface area contributed by atoms with Gasteiger partial charge in [0.25, 0.3) is 0 Å². The highest BCUT2D eigenvalue weighted by molar-refractivity contribution is 6.35. The van der Waals surface area contributed by atoms with Crippen LogP contribution < -0.4 is 0 Å². The second-order valence-corrected chi connectivity index (χ2v) is 6.03. The average molecular weight is 305 g/mol. The quantitative estimate of drug-likeness (QED) is 0.946. The Bertz CT molecular complexity index is 689. The van der Waals surface area contributed by atoms with Gasteiger partial charge in [-0.1, -0.05) is 24.6 Å². The van der Waals surface area contributed by atoms with Crippen LogP contribution in [0, 0.1) is 5.92 Å². The van der Waals surface area contributed by atoms with Crippen LogP contribution in [-0.2, 0) is 11.3 Å². The molecule has 3 rings (SSSR count). The molecule has 4 nitrogen and oxygen atoms in total. The molecule has 2 aromatic rings. The maximum absolute atomic E-state index is 11.5. The van der Waals surface area contributed by atoms with Crippen LogP contribution in [0.2, 0.25) is 5.02 Å². The number of carbonyl (C=O) groups is 1. The Morgan fingerprint density at radius 1 is 1.48 bits per heavy atom. The van der Waals surface area contributed by atoms with E-state index in [1.165, 1.54) is 0 Å². The van der Waals surface area contributed by atoms with Crippen molar-refractivity contribution in [2.45, 2.75) is 25.9 Å². The fraction of sp³-hybridized carbons (Fsp3) is 0.375. The van der Waals surface area contributed by atoms with Gasteiger partial charge in [0, 0.05) is 23.2 Å². The van der Waals surface area contributed by atoms with Crippen molar-refractivity contribution in [3.8, 4) is 0 Å². The number of halogens is 1. The Labute approximate surface area is 128 Å². The maximum atomic E-state index is 11.5. The molecule has 0 aliphatic carbocycles. The molecule has 0 amide bonds. The van der Waals surface area contributed by atoms with E-state index in [0.717, 1.165) is 29.4 Å². The van der Waals surface area contributed by atoms with Crippen LogP contribution in [0.4, 0.5) is 0 Å². The number of hydrogen-bond donors (Lipinski definition) is 1. The predicted molar refractivity (Wildman–Crippen MR) is 82.4 cm³/mol. The molecule has 5 heteroatoms. The first-order valence-corrected chi connectivity index (χ1v) is 7.44. The minimum atomic E-state index is -0.744. The normalized spacial score (nSPS) is 22.8. The van der Waals surface area contributed by atoms with Gasteiger partial charge < -0.3 is 5.11 Å². The number of carboxylic acid groups (broad SMARTS) is 1. The molecule has 1 aliphatic heterocycles. The molecule has 1 N–H and O–H groups in total. The Morgan fingerprint density at radius 2 is 2.29 bits per heavy atom. The van der Waals surface area contributed by atoms with E-state index >= 15 is 0 Å². The summed E-state index contributed by atoms with van der Waals surface area (Å²) in [4.78, 5) is 17.9. The van der Waals surface area contributed by atoms with Crippen LogP contribution in [0.25, 0.3) is 10.9 Å². The molecule has 0 spiro atoms. The van der Waals surface area contributed by atoms with Crippen LogP contribution in [-0.4, -0.2) is 33.5 Å². The number of nitrogens with zero attached hydrogens (tertiary/aromatic N) is 2. The second kappa shape index (κ2) is 5.62. The Morgan fingerprint density at radius 3 is 3.05 bits per heavy atom. The molecule has 0 saturated carbocycles. The summed E-state index contributed by atoms with van der Waals surface area (Å²) in [6.07, 6.45) is 2.65. The zero-order valence-electron chi connectivity index (χ0n) is 11.8. The summed E-state index contributed by atoms with van der Waals surface area (Å²) in [5.74, 6) is -0.569. The number of pyridine rings is 1. The van der Waals surface area contributed by atoms with Crippen LogP contribution in [0.5, 0.6) is 0 Å². The van der Waals surface area contributed by atoms with E-state index in [1.54, 1.807) is 6.20 Å². The lowest BCUT2D eigenvalue weighted by atomic mass is 10.0. The molecule has 0 radical (unpaired) electrons. The van der Waals surface area contributed by atoms with Gasteiger partial charge in [0.1, 0.15) is 6.04 Å². The van der Waals surface area contributed by atoms with Gasteiger partial charge in [-0.15, -0.1) is 0 Å². The summed E-state index contributed by atoms with van der Waals surface area (Å²) in [7, 11) is 0. The van der Waals surface area contributed by atoms with Gasteiger partial charge in [-0.05, 0) is 42.6 Å². The molecule has 2 atom stereocenters. The fourth-order valence-corrected chi connectivity index (χ4v) is 3.36. The highest BCUT2D eigenvalue weighted by Gasteiger charge is 2.36. The number of likely N-dealkylation sites (tertiary alicyclic amines) is 1. The summed E-state index contributed by atoms with van der Waals surface area (Å²) in [5.41, 5.74) is 1.88. The van der Waals surface area contributed by atoms with Gasteiger partial charge in [-0.3, -0.25) is 14.7 Å². The van der Waals surface area contributed by atoms with Crippen LogP contribution in [0.1, 0.15) is 18.9 Å². The number of carboxylic acids is 1. The van der Waals surface area contributed by atoms with Crippen molar-refractivity contribution >= 4 is 28.5 Å². The zero-order valence-corrected chi connectivity index (χ0v) is 12.5. The first kappa shape index (κ1) is 14.3. The SMILES string of the molecule is CC1CCN(Cc2ccc(Cl)c3cccnc23)C1C(=O)O. The van der Waals surface area contributed by atoms with Crippen molar-refractivity contribution in [1.82, 2.24) is 9.88 Å². The van der Waals surface area contributed by atoms with Gasteiger partial charge in [0.15, 0.2) is 0 Å². The minimum absolute atomic E-state index is 0.175. The molecule has 1 aromatic heterocycles.